The maximum absolute atomic E-state index is 12.8. The van der Waals surface area contributed by atoms with Gasteiger partial charge in [0, 0.05) is 12.0 Å². The number of ketones is 1. The Morgan fingerprint density at radius 3 is 2.09 bits per heavy atom. The highest BCUT2D eigenvalue weighted by Gasteiger charge is 2.29. The number of hydrogen-bond acceptors (Lipinski definition) is 3. The lowest BCUT2D eigenvalue weighted by atomic mass is 9.78. The normalized spacial score (nSPS) is 12.3. The fourth-order valence-electron chi connectivity index (χ4n) is 3.07. The molecule has 0 amide bonds. The van der Waals surface area contributed by atoms with Gasteiger partial charge in [0.2, 0.25) is 0 Å². The molecule has 0 bridgehead atoms. The van der Waals surface area contributed by atoms with Gasteiger partial charge in [-0.15, -0.1) is 0 Å². The van der Waals surface area contributed by atoms with Gasteiger partial charge in [-0.05, 0) is 53.6 Å². The van der Waals surface area contributed by atoms with Crippen molar-refractivity contribution in [2.45, 2.75) is 59.8 Å². The first-order valence-corrected chi connectivity index (χ1v) is 9.99. The number of rotatable bonds is 6. The van der Waals surface area contributed by atoms with Crippen molar-refractivity contribution in [2.24, 2.45) is 0 Å². The minimum atomic E-state index is -0.936. The molecule has 1 rings (SSSR count). The largest absolute Gasteiger partial charge is 0.481 e. The first kappa shape index (κ1) is 19.8. The van der Waals surface area contributed by atoms with Crippen LogP contribution in [0, 0.1) is 20.8 Å². The molecule has 0 saturated carbocycles. The van der Waals surface area contributed by atoms with E-state index in [0.717, 1.165) is 22.3 Å². The molecule has 0 unspecified atom stereocenters. The minimum absolute atomic E-state index is 0.0461. The Hall–Kier alpha value is -1.25. The molecule has 0 aliphatic heterocycles. The van der Waals surface area contributed by atoms with Crippen molar-refractivity contribution in [3.8, 4) is 0 Å². The van der Waals surface area contributed by atoms with Crippen molar-refractivity contribution >= 4 is 37.2 Å². The second-order valence-electron chi connectivity index (χ2n) is 7.10. The van der Waals surface area contributed by atoms with Crippen LogP contribution in [0.25, 0.3) is 0 Å². The van der Waals surface area contributed by atoms with Crippen LogP contribution in [0.1, 0.15) is 66.2 Å². The fraction of sp³-hybridized carbons (Fsp3) is 0.529. The van der Waals surface area contributed by atoms with E-state index in [1.165, 1.54) is 10.8 Å². The molecule has 0 saturated heterocycles. The van der Waals surface area contributed by atoms with E-state index < -0.39 is 15.7 Å². The van der Waals surface area contributed by atoms with Crippen molar-refractivity contribution < 1.29 is 18.8 Å². The predicted molar refractivity (Wildman–Crippen MR) is 99.8 cm³/mol. The smallest absolute Gasteiger partial charge is 0.303 e. The zero-order valence-electron chi connectivity index (χ0n) is 15.3. The van der Waals surface area contributed by atoms with Crippen LogP contribution in [0.2, 0.25) is 0 Å². The van der Waals surface area contributed by atoms with Crippen molar-refractivity contribution in [3.05, 3.63) is 27.8 Å². The van der Waals surface area contributed by atoms with E-state index in [4.69, 9.17) is 9.22 Å². The molecular formula is C17H28O4Si2. The van der Waals surface area contributed by atoms with E-state index in [9.17, 15) is 9.59 Å². The van der Waals surface area contributed by atoms with Crippen LogP contribution in [0.4, 0.5) is 0 Å². The van der Waals surface area contributed by atoms with E-state index in [0.29, 0.717) is 10.5 Å². The predicted octanol–water partition coefficient (Wildman–Crippen LogP) is 0.963. The molecular weight excluding hydrogens is 324 g/mol. The molecule has 4 nitrogen and oxygen atoms in total. The highest BCUT2D eigenvalue weighted by Crippen LogP contribution is 2.31. The Labute approximate surface area is 144 Å². The Bertz CT molecular complexity index is 631. The molecule has 1 aromatic rings. The first-order chi connectivity index (χ1) is 10.5. The molecule has 0 atom stereocenters. The van der Waals surface area contributed by atoms with Crippen molar-refractivity contribution in [1.29, 1.82) is 0 Å². The van der Waals surface area contributed by atoms with Gasteiger partial charge in [-0.3, -0.25) is 9.59 Å². The molecule has 0 radical (unpaired) electrons. The summed E-state index contributed by atoms with van der Waals surface area (Å²) in [5.74, 6) is -1.00. The Kier molecular flexibility index (Phi) is 6.50. The lowest BCUT2D eigenvalue weighted by molar-refractivity contribution is -0.136. The molecule has 1 N–H and O–H groups in total. The van der Waals surface area contributed by atoms with E-state index >= 15 is 0 Å². The van der Waals surface area contributed by atoms with E-state index in [1.807, 2.05) is 13.8 Å². The average Bonchev–Trinajstić information content (AvgIpc) is 2.43. The molecule has 23 heavy (non-hydrogen) atoms. The molecule has 0 aliphatic rings. The average molecular weight is 353 g/mol. The fourth-order valence-corrected chi connectivity index (χ4v) is 5.56. The van der Waals surface area contributed by atoms with Crippen molar-refractivity contribution in [3.63, 3.8) is 0 Å². The molecule has 0 spiro atoms. The summed E-state index contributed by atoms with van der Waals surface area (Å²) in [7, 11) is -0.171. The number of carboxylic acid groups (broad SMARTS) is 1. The summed E-state index contributed by atoms with van der Waals surface area (Å²) in [5.41, 5.74) is 4.94. The molecule has 0 heterocycles. The molecule has 0 fully saturated rings. The SMILES string of the molecule is Cc1c(C)c([SiH2]O[SiH3])c(C(C)(C)C)c(C(=O)CCC(=O)O)c1C. The number of hydrogen-bond donors (Lipinski definition) is 1. The molecule has 6 heteroatoms. The number of carbonyl (C=O) groups excluding carboxylic acids is 1. The lowest BCUT2D eigenvalue weighted by Gasteiger charge is -2.30. The third kappa shape index (κ3) is 4.39. The molecule has 0 aromatic heterocycles. The van der Waals surface area contributed by atoms with Gasteiger partial charge in [-0.1, -0.05) is 20.8 Å². The number of carboxylic acids is 1. The van der Waals surface area contributed by atoms with E-state index in [-0.39, 0.29) is 24.0 Å². The standard InChI is InChI=1S/C17H28O4Si2/c1-9-10(2)14(12(18)7-8-13(19)20)15(17(4,5)6)16(11(9)3)23-21-22/h7-8,23H2,1-6,22H3,(H,19,20). The van der Waals surface area contributed by atoms with Crippen molar-refractivity contribution in [1.82, 2.24) is 0 Å². The minimum Gasteiger partial charge on any atom is -0.481 e. The monoisotopic (exact) mass is 352 g/mol. The quantitative estimate of drug-likeness (QED) is 0.612. The van der Waals surface area contributed by atoms with Gasteiger partial charge in [-0.25, -0.2) is 0 Å². The highest BCUT2D eigenvalue weighted by molar-refractivity contribution is 6.52. The summed E-state index contributed by atoms with van der Waals surface area (Å²) in [4.78, 5) is 23.6. The lowest BCUT2D eigenvalue weighted by Crippen LogP contribution is -2.35. The van der Waals surface area contributed by atoms with Crippen LogP contribution in [-0.2, 0) is 14.3 Å². The van der Waals surface area contributed by atoms with Crippen LogP contribution < -0.4 is 5.19 Å². The van der Waals surface area contributed by atoms with Crippen LogP contribution in [0.5, 0.6) is 0 Å². The van der Waals surface area contributed by atoms with Gasteiger partial charge in [-0.2, -0.15) is 0 Å². The summed E-state index contributed by atoms with van der Waals surface area (Å²) in [6, 6.07) is 0. The Balaban J connectivity index is 3.65. The number of Topliss-reactive ketones (excluding diaryl/α,β-unsaturated/α-hetero) is 1. The zero-order chi connectivity index (χ0) is 17.9. The van der Waals surface area contributed by atoms with Gasteiger partial charge in [0.05, 0.1) is 6.42 Å². The van der Waals surface area contributed by atoms with Gasteiger partial charge in [0.1, 0.15) is 10.5 Å². The molecule has 1 aromatic carbocycles. The topological polar surface area (TPSA) is 63.6 Å². The maximum Gasteiger partial charge on any atom is 0.303 e. The number of benzene rings is 1. The summed E-state index contributed by atoms with van der Waals surface area (Å²) in [6.45, 7) is 12.4. The third-order valence-electron chi connectivity index (χ3n) is 4.39. The van der Waals surface area contributed by atoms with Gasteiger partial charge < -0.3 is 9.22 Å². The van der Waals surface area contributed by atoms with E-state index in [2.05, 4.69) is 27.7 Å². The third-order valence-corrected chi connectivity index (χ3v) is 6.72. The van der Waals surface area contributed by atoms with Gasteiger partial charge in [0.15, 0.2) is 15.5 Å². The van der Waals surface area contributed by atoms with Crippen LogP contribution in [0.15, 0.2) is 0 Å². The first-order valence-electron chi connectivity index (χ1n) is 7.89. The summed E-state index contributed by atoms with van der Waals surface area (Å²) in [5, 5.41) is 10.1. The van der Waals surface area contributed by atoms with Crippen LogP contribution >= 0.6 is 0 Å². The van der Waals surface area contributed by atoms with Crippen LogP contribution in [-0.4, -0.2) is 37.1 Å². The maximum atomic E-state index is 12.8. The summed E-state index contributed by atoms with van der Waals surface area (Å²) in [6.07, 6.45) is -0.0801. The highest BCUT2D eigenvalue weighted by atomic mass is 28.3. The van der Waals surface area contributed by atoms with E-state index in [1.54, 1.807) is 0 Å². The second kappa shape index (κ2) is 7.55. The number of aliphatic carboxylic acids is 1. The van der Waals surface area contributed by atoms with Gasteiger partial charge in [0.25, 0.3) is 0 Å². The number of carbonyl (C=O) groups is 2. The van der Waals surface area contributed by atoms with Crippen molar-refractivity contribution in [2.75, 3.05) is 0 Å². The summed E-state index contributed by atoms with van der Waals surface area (Å²) >= 11 is 0. The molecule has 0 aliphatic carbocycles. The second-order valence-corrected chi connectivity index (χ2v) is 10.4. The van der Waals surface area contributed by atoms with Crippen LogP contribution in [0.3, 0.4) is 0 Å². The molecule has 128 valence electrons. The Morgan fingerprint density at radius 2 is 1.65 bits per heavy atom. The summed E-state index contributed by atoms with van der Waals surface area (Å²) < 4.78 is 5.64. The Morgan fingerprint density at radius 1 is 1.09 bits per heavy atom. The van der Waals surface area contributed by atoms with Gasteiger partial charge >= 0.3 is 5.97 Å². The zero-order valence-corrected chi connectivity index (χ0v) is 18.7.